The fraction of sp³-hybridized carbons (Fsp3) is 0.286. The lowest BCUT2D eigenvalue weighted by atomic mass is 10.2. The maximum atomic E-state index is 13.1. The number of rotatable bonds is 7. The molecule has 2 aromatic carbocycles. The summed E-state index contributed by atoms with van der Waals surface area (Å²) >= 11 is 1.29. The Morgan fingerprint density at radius 1 is 1.19 bits per heavy atom. The Kier molecular flexibility index (Phi) is 6.89. The van der Waals surface area contributed by atoms with Gasteiger partial charge in [-0.25, -0.2) is 18.4 Å². The molecule has 11 heteroatoms. The maximum absolute atomic E-state index is 13.1. The molecule has 168 valence electrons. The Morgan fingerprint density at radius 2 is 1.97 bits per heavy atom. The number of nitrogens with one attached hydrogen (secondary N) is 1. The quantitative estimate of drug-likeness (QED) is 0.411. The molecule has 2 heterocycles. The van der Waals surface area contributed by atoms with Gasteiger partial charge in [-0.3, -0.25) is 4.79 Å². The summed E-state index contributed by atoms with van der Waals surface area (Å²) in [7, 11) is -2.38. The van der Waals surface area contributed by atoms with Gasteiger partial charge < -0.3 is 14.8 Å². The van der Waals surface area contributed by atoms with Crippen molar-refractivity contribution in [1.82, 2.24) is 14.3 Å². The van der Waals surface area contributed by atoms with Gasteiger partial charge in [0.2, 0.25) is 15.9 Å². The summed E-state index contributed by atoms with van der Waals surface area (Å²) in [6.07, 6.45) is 1.47. The van der Waals surface area contributed by atoms with E-state index in [-0.39, 0.29) is 35.4 Å². The number of amides is 1. The summed E-state index contributed by atoms with van der Waals surface area (Å²) < 4.78 is 38.1. The Hall–Kier alpha value is -2.73. The van der Waals surface area contributed by atoms with E-state index in [0.29, 0.717) is 23.9 Å². The number of para-hydroxylation sites is 1. The molecule has 0 radical (unpaired) electrons. The molecular formula is C21H22N4O5S2. The van der Waals surface area contributed by atoms with Gasteiger partial charge >= 0.3 is 0 Å². The Morgan fingerprint density at radius 3 is 2.75 bits per heavy atom. The number of carbonyl (C=O) groups is 1. The molecule has 4 rings (SSSR count). The lowest BCUT2D eigenvalue weighted by Gasteiger charge is -2.26. The molecule has 3 aromatic rings. The highest BCUT2D eigenvalue weighted by Gasteiger charge is 2.29. The van der Waals surface area contributed by atoms with Crippen molar-refractivity contribution in [1.29, 1.82) is 0 Å². The predicted octanol–water partition coefficient (Wildman–Crippen LogP) is 2.39. The predicted molar refractivity (Wildman–Crippen MR) is 121 cm³/mol. The molecule has 1 aliphatic rings. The average molecular weight is 475 g/mol. The summed E-state index contributed by atoms with van der Waals surface area (Å²) in [5, 5.41) is 4.34. The highest BCUT2D eigenvalue weighted by atomic mass is 32.2. The number of hydrogen-bond acceptors (Lipinski definition) is 8. The standard InChI is InChI=1S/C21H22N4O5S2/c1-29-18-7-6-15(12-19(18)32(27,28)25-8-10-30-11-9-25)24-20(26)13-31-21-16-4-2-3-5-17(16)22-14-23-21/h2-7,12,14H,8-11,13H2,1H3,(H,24,26). The topological polar surface area (TPSA) is 111 Å². The van der Waals surface area contributed by atoms with Gasteiger partial charge in [0.25, 0.3) is 0 Å². The summed E-state index contributed by atoms with van der Waals surface area (Å²) in [6.45, 7) is 1.22. The third-order valence-electron chi connectivity index (χ3n) is 4.88. The second-order valence-electron chi connectivity index (χ2n) is 6.91. The van der Waals surface area contributed by atoms with Crippen LogP contribution < -0.4 is 10.1 Å². The molecule has 0 unspecified atom stereocenters. The van der Waals surface area contributed by atoms with Crippen LogP contribution in [0, 0.1) is 0 Å². The molecule has 32 heavy (non-hydrogen) atoms. The first-order chi connectivity index (χ1) is 15.5. The summed E-state index contributed by atoms with van der Waals surface area (Å²) in [5.74, 6) is 0.0485. The zero-order valence-electron chi connectivity index (χ0n) is 17.4. The molecule has 0 atom stereocenters. The molecule has 1 N–H and O–H groups in total. The van der Waals surface area contributed by atoms with Gasteiger partial charge in [-0.1, -0.05) is 30.0 Å². The third kappa shape index (κ3) is 4.85. The number of sulfonamides is 1. The minimum Gasteiger partial charge on any atom is -0.495 e. The van der Waals surface area contributed by atoms with Crippen molar-refractivity contribution in [2.24, 2.45) is 0 Å². The Labute approximate surface area is 190 Å². The highest BCUT2D eigenvalue weighted by Crippen LogP contribution is 2.30. The van der Waals surface area contributed by atoms with Crippen LogP contribution in [0.3, 0.4) is 0 Å². The number of aromatic nitrogens is 2. The molecule has 1 aliphatic heterocycles. The molecule has 0 bridgehead atoms. The van der Waals surface area contributed by atoms with Crippen molar-refractivity contribution in [2.45, 2.75) is 9.92 Å². The van der Waals surface area contributed by atoms with Crippen LogP contribution in [-0.4, -0.2) is 67.8 Å². The van der Waals surface area contributed by atoms with Crippen molar-refractivity contribution in [2.75, 3.05) is 44.5 Å². The van der Waals surface area contributed by atoms with Gasteiger partial charge in [0.15, 0.2) is 0 Å². The van der Waals surface area contributed by atoms with Crippen LogP contribution >= 0.6 is 11.8 Å². The van der Waals surface area contributed by atoms with Crippen LogP contribution in [0.5, 0.6) is 5.75 Å². The largest absolute Gasteiger partial charge is 0.495 e. The Balaban J connectivity index is 1.49. The van der Waals surface area contributed by atoms with Gasteiger partial charge in [-0.2, -0.15) is 4.31 Å². The monoisotopic (exact) mass is 474 g/mol. The van der Waals surface area contributed by atoms with E-state index in [1.165, 1.54) is 41.6 Å². The molecule has 0 aliphatic carbocycles. The van der Waals surface area contributed by atoms with E-state index in [1.54, 1.807) is 6.07 Å². The van der Waals surface area contributed by atoms with Crippen LogP contribution in [0.25, 0.3) is 10.9 Å². The minimum absolute atomic E-state index is 0.00847. The number of benzene rings is 2. The molecule has 1 saturated heterocycles. The highest BCUT2D eigenvalue weighted by molar-refractivity contribution is 8.00. The lowest BCUT2D eigenvalue weighted by Crippen LogP contribution is -2.40. The maximum Gasteiger partial charge on any atom is 0.246 e. The smallest absolute Gasteiger partial charge is 0.246 e. The van der Waals surface area contributed by atoms with E-state index in [2.05, 4.69) is 15.3 Å². The molecule has 0 spiro atoms. The number of nitrogens with zero attached hydrogens (tertiary/aromatic N) is 3. The number of ether oxygens (including phenoxy) is 2. The van der Waals surface area contributed by atoms with Crippen LogP contribution in [-0.2, 0) is 19.6 Å². The number of morpholine rings is 1. The average Bonchev–Trinajstić information content (AvgIpc) is 2.83. The van der Waals surface area contributed by atoms with Crippen molar-refractivity contribution in [3.05, 3.63) is 48.8 Å². The number of fused-ring (bicyclic) bond motifs is 1. The van der Waals surface area contributed by atoms with Gasteiger partial charge in [0, 0.05) is 24.2 Å². The van der Waals surface area contributed by atoms with E-state index in [0.717, 1.165) is 10.9 Å². The summed E-state index contributed by atoms with van der Waals surface area (Å²) in [5.41, 5.74) is 1.18. The van der Waals surface area contributed by atoms with Crippen molar-refractivity contribution in [3.63, 3.8) is 0 Å². The second kappa shape index (κ2) is 9.82. The second-order valence-corrected chi connectivity index (χ2v) is 9.79. The first-order valence-electron chi connectivity index (χ1n) is 9.87. The first-order valence-corrected chi connectivity index (χ1v) is 12.3. The number of anilines is 1. The van der Waals surface area contributed by atoms with Gasteiger partial charge in [-0.15, -0.1) is 0 Å². The van der Waals surface area contributed by atoms with Crippen LogP contribution in [0.1, 0.15) is 0 Å². The first kappa shape index (κ1) is 22.5. The summed E-state index contributed by atoms with van der Waals surface area (Å²) in [4.78, 5) is 21.1. The van der Waals surface area contributed by atoms with Gasteiger partial charge in [0.05, 0.1) is 31.6 Å². The van der Waals surface area contributed by atoms with E-state index < -0.39 is 10.0 Å². The number of methoxy groups -OCH3 is 1. The van der Waals surface area contributed by atoms with Crippen LogP contribution in [0.4, 0.5) is 5.69 Å². The fourth-order valence-electron chi connectivity index (χ4n) is 3.31. The molecule has 1 amide bonds. The van der Waals surface area contributed by atoms with E-state index in [9.17, 15) is 13.2 Å². The molecular weight excluding hydrogens is 452 g/mol. The molecule has 9 nitrogen and oxygen atoms in total. The SMILES string of the molecule is COc1ccc(NC(=O)CSc2ncnc3ccccc23)cc1S(=O)(=O)N1CCOCC1. The third-order valence-corrected chi connectivity index (χ3v) is 7.81. The fourth-order valence-corrected chi connectivity index (χ4v) is 5.69. The van der Waals surface area contributed by atoms with Crippen molar-refractivity contribution < 1.29 is 22.7 Å². The van der Waals surface area contributed by atoms with Crippen molar-refractivity contribution in [3.8, 4) is 5.75 Å². The van der Waals surface area contributed by atoms with Crippen LogP contribution in [0.2, 0.25) is 0 Å². The van der Waals surface area contributed by atoms with Gasteiger partial charge in [0.1, 0.15) is 22.0 Å². The van der Waals surface area contributed by atoms with E-state index >= 15 is 0 Å². The normalized spacial score (nSPS) is 14.9. The van der Waals surface area contributed by atoms with Crippen molar-refractivity contribution >= 4 is 44.3 Å². The molecule has 1 fully saturated rings. The van der Waals surface area contributed by atoms with Gasteiger partial charge in [-0.05, 0) is 24.3 Å². The summed E-state index contributed by atoms with van der Waals surface area (Å²) in [6, 6.07) is 12.1. The number of hydrogen-bond donors (Lipinski definition) is 1. The van der Waals surface area contributed by atoms with E-state index in [4.69, 9.17) is 9.47 Å². The molecule has 0 saturated carbocycles. The Bertz CT molecular complexity index is 1220. The minimum atomic E-state index is -3.79. The number of thioether (sulfide) groups is 1. The molecule has 1 aromatic heterocycles. The zero-order chi connectivity index (χ0) is 22.6. The lowest BCUT2D eigenvalue weighted by molar-refractivity contribution is -0.113. The zero-order valence-corrected chi connectivity index (χ0v) is 19.0. The number of carbonyl (C=O) groups excluding carboxylic acids is 1. The van der Waals surface area contributed by atoms with Crippen LogP contribution in [0.15, 0.2) is 58.7 Å². The van der Waals surface area contributed by atoms with E-state index in [1.807, 2.05) is 24.3 Å².